The molecule has 100 valence electrons. The van der Waals surface area contributed by atoms with E-state index in [1.807, 2.05) is 19.2 Å². The minimum absolute atomic E-state index is 0.477. The summed E-state index contributed by atoms with van der Waals surface area (Å²) < 4.78 is 0. The summed E-state index contributed by atoms with van der Waals surface area (Å²) in [5, 5.41) is 13.2. The Morgan fingerprint density at radius 2 is 2.17 bits per heavy atom. The standard InChI is InChI=1S/C14H23N3O/c1-3-15-12-4-7-16-13(10-12)11-17-8-5-14(2,18)6-9-17/h4,7,10,18H,3,5-6,8-9,11H2,1-2H3,(H,15,16). The van der Waals surface area contributed by atoms with Gasteiger partial charge in [-0.1, -0.05) is 0 Å². The smallest absolute Gasteiger partial charge is 0.0644 e. The van der Waals surface area contributed by atoms with Crippen LogP contribution in [0.15, 0.2) is 18.3 Å². The zero-order chi connectivity index (χ0) is 13.0. The van der Waals surface area contributed by atoms with Crippen LogP contribution in [0.25, 0.3) is 0 Å². The summed E-state index contributed by atoms with van der Waals surface area (Å²) >= 11 is 0. The first-order chi connectivity index (χ1) is 8.59. The topological polar surface area (TPSA) is 48.4 Å². The molecule has 1 aliphatic heterocycles. The van der Waals surface area contributed by atoms with Gasteiger partial charge >= 0.3 is 0 Å². The van der Waals surface area contributed by atoms with Crippen molar-refractivity contribution in [3.05, 3.63) is 24.0 Å². The van der Waals surface area contributed by atoms with Crippen molar-refractivity contribution in [3.63, 3.8) is 0 Å². The predicted octanol–water partition coefficient (Wildman–Crippen LogP) is 1.86. The van der Waals surface area contributed by atoms with Gasteiger partial charge in [-0.2, -0.15) is 0 Å². The lowest BCUT2D eigenvalue weighted by Gasteiger charge is -2.35. The Morgan fingerprint density at radius 1 is 1.44 bits per heavy atom. The van der Waals surface area contributed by atoms with Crippen molar-refractivity contribution in [1.29, 1.82) is 0 Å². The lowest BCUT2D eigenvalue weighted by Crippen LogP contribution is -2.42. The normalized spacial score (nSPS) is 19.7. The van der Waals surface area contributed by atoms with Crippen molar-refractivity contribution in [2.75, 3.05) is 25.0 Å². The van der Waals surface area contributed by atoms with E-state index in [1.54, 1.807) is 0 Å². The fraction of sp³-hybridized carbons (Fsp3) is 0.643. The largest absolute Gasteiger partial charge is 0.390 e. The van der Waals surface area contributed by atoms with Gasteiger partial charge in [0.05, 0.1) is 11.3 Å². The number of piperidine rings is 1. The highest BCUT2D eigenvalue weighted by molar-refractivity contribution is 5.42. The Balaban J connectivity index is 1.91. The van der Waals surface area contributed by atoms with Crippen LogP contribution in [-0.2, 0) is 6.54 Å². The van der Waals surface area contributed by atoms with Crippen LogP contribution in [0.4, 0.5) is 5.69 Å². The average Bonchev–Trinajstić information content (AvgIpc) is 2.33. The monoisotopic (exact) mass is 249 g/mol. The maximum absolute atomic E-state index is 9.92. The number of likely N-dealkylation sites (tertiary alicyclic amines) is 1. The number of anilines is 1. The van der Waals surface area contributed by atoms with Gasteiger partial charge in [-0.15, -0.1) is 0 Å². The summed E-state index contributed by atoms with van der Waals surface area (Å²) in [4.78, 5) is 6.77. The molecule has 2 heterocycles. The lowest BCUT2D eigenvalue weighted by molar-refractivity contribution is -0.00757. The van der Waals surface area contributed by atoms with Crippen molar-refractivity contribution in [2.45, 2.75) is 38.8 Å². The molecule has 0 amide bonds. The van der Waals surface area contributed by atoms with E-state index in [-0.39, 0.29) is 0 Å². The number of nitrogens with one attached hydrogen (secondary N) is 1. The van der Waals surface area contributed by atoms with E-state index in [1.165, 1.54) is 0 Å². The lowest BCUT2D eigenvalue weighted by atomic mass is 9.94. The minimum Gasteiger partial charge on any atom is -0.390 e. The van der Waals surface area contributed by atoms with E-state index < -0.39 is 5.60 Å². The third-order valence-corrected chi connectivity index (χ3v) is 3.52. The number of aromatic nitrogens is 1. The molecule has 0 aliphatic carbocycles. The Hall–Kier alpha value is -1.13. The van der Waals surface area contributed by atoms with E-state index >= 15 is 0 Å². The van der Waals surface area contributed by atoms with Crippen LogP contribution in [0.2, 0.25) is 0 Å². The maximum Gasteiger partial charge on any atom is 0.0644 e. The fourth-order valence-electron chi connectivity index (χ4n) is 2.30. The Morgan fingerprint density at radius 3 is 2.83 bits per heavy atom. The highest BCUT2D eigenvalue weighted by atomic mass is 16.3. The fourth-order valence-corrected chi connectivity index (χ4v) is 2.30. The minimum atomic E-state index is -0.477. The molecule has 0 radical (unpaired) electrons. The highest BCUT2D eigenvalue weighted by Crippen LogP contribution is 2.22. The number of hydrogen-bond acceptors (Lipinski definition) is 4. The van der Waals surface area contributed by atoms with Crippen LogP contribution in [-0.4, -0.2) is 40.2 Å². The van der Waals surface area contributed by atoms with Gasteiger partial charge in [0, 0.05) is 38.1 Å². The summed E-state index contributed by atoms with van der Waals surface area (Å²) in [6, 6.07) is 4.10. The molecule has 0 aromatic carbocycles. The van der Waals surface area contributed by atoms with Crippen molar-refractivity contribution < 1.29 is 5.11 Å². The molecular weight excluding hydrogens is 226 g/mol. The molecule has 0 bridgehead atoms. The quantitative estimate of drug-likeness (QED) is 0.855. The second-order valence-corrected chi connectivity index (χ2v) is 5.34. The summed E-state index contributed by atoms with van der Waals surface area (Å²) in [6.07, 6.45) is 3.55. The molecule has 0 unspecified atom stereocenters. The molecule has 1 fully saturated rings. The summed E-state index contributed by atoms with van der Waals surface area (Å²) in [5.74, 6) is 0. The zero-order valence-electron chi connectivity index (χ0n) is 11.3. The molecule has 0 spiro atoms. The highest BCUT2D eigenvalue weighted by Gasteiger charge is 2.27. The van der Waals surface area contributed by atoms with Crippen molar-refractivity contribution in [1.82, 2.24) is 9.88 Å². The van der Waals surface area contributed by atoms with Gasteiger partial charge in [0.15, 0.2) is 0 Å². The molecule has 1 aliphatic rings. The van der Waals surface area contributed by atoms with Crippen molar-refractivity contribution >= 4 is 5.69 Å². The van der Waals surface area contributed by atoms with Gasteiger partial charge in [0.1, 0.15) is 0 Å². The molecular formula is C14H23N3O. The Bertz CT molecular complexity index is 382. The third-order valence-electron chi connectivity index (χ3n) is 3.52. The van der Waals surface area contributed by atoms with Gasteiger partial charge in [0.2, 0.25) is 0 Å². The van der Waals surface area contributed by atoms with E-state index in [2.05, 4.69) is 28.2 Å². The van der Waals surface area contributed by atoms with Crippen LogP contribution in [0.3, 0.4) is 0 Å². The SMILES string of the molecule is CCNc1ccnc(CN2CCC(C)(O)CC2)c1. The van der Waals surface area contributed by atoms with Crippen LogP contribution in [0, 0.1) is 0 Å². The zero-order valence-corrected chi connectivity index (χ0v) is 11.3. The number of hydrogen-bond donors (Lipinski definition) is 2. The van der Waals surface area contributed by atoms with Gasteiger partial charge in [-0.25, -0.2) is 0 Å². The second kappa shape index (κ2) is 5.67. The third kappa shape index (κ3) is 3.68. The summed E-state index contributed by atoms with van der Waals surface area (Å²) in [5.41, 5.74) is 1.75. The van der Waals surface area contributed by atoms with E-state index in [0.29, 0.717) is 0 Å². The van der Waals surface area contributed by atoms with E-state index in [9.17, 15) is 5.11 Å². The Labute approximate surface area is 109 Å². The molecule has 18 heavy (non-hydrogen) atoms. The van der Waals surface area contributed by atoms with Gasteiger partial charge < -0.3 is 10.4 Å². The van der Waals surface area contributed by atoms with Crippen molar-refractivity contribution in [3.8, 4) is 0 Å². The van der Waals surface area contributed by atoms with Crippen LogP contribution >= 0.6 is 0 Å². The first kappa shape index (κ1) is 13.3. The van der Waals surface area contributed by atoms with Crippen LogP contribution in [0.1, 0.15) is 32.4 Å². The molecule has 0 saturated carbocycles. The molecule has 1 saturated heterocycles. The van der Waals surface area contributed by atoms with Gasteiger partial charge in [-0.3, -0.25) is 9.88 Å². The second-order valence-electron chi connectivity index (χ2n) is 5.34. The number of rotatable bonds is 4. The van der Waals surface area contributed by atoms with Gasteiger partial charge in [0.25, 0.3) is 0 Å². The molecule has 4 nitrogen and oxygen atoms in total. The molecule has 1 aromatic heterocycles. The number of aliphatic hydroxyl groups is 1. The Kier molecular flexibility index (Phi) is 4.19. The molecule has 2 rings (SSSR count). The summed E-state index contributed by atoms with van der Waals surface area (Å²) in [6.45, 7) is 7.70. The van der Waals surface area contributed by atoms with E-state index in [0.717, 1.165) is 50.4 Å². The van der Waals surface area contributed by atoms with Gasteiger partial charge in [-0.05, 0) is 38.8 Å². The van der Waals surface area contributed by atoms with Crippen molar-refractivity contribution in [2.24, 2.45) is 0 Å². The molecule has 0 atom stereocenters. The number of nitrogens with zero attached hydrogens (tertiary/aromatic N) is 2. The average molecular weight is 249 g/mol. The molecule has 1 aromatic rings. The van der Waals surface area contributed by atoms with Crippen LogP contribution in [0.5, 0.6) is 0 Å². The maximum atomic E-state index is 9.92. The number of pyridine rings is 1. The first-order valence-electron chi connectivity index (χ1n) is 6.72. The predicted molar refractivity (Wildman–Crippen MR) is 73.5 cm³/mol. The summed E-state index contributed by atoms with van der Waals surface area (Å²) in [7, 11) is 0. The molecule has 2 N–H and O–H groups in total. The first-order valence-corrected chi connectivity index (χ1v) is 6.72. The van der Waals surface area contributed by atoms with Crippen LogP contribution < -0.4 is 5.32 Å². The molecule has 4 heteroatoms. The van der Waals surface area contributed by atoms with E-state index in [4.69, 9.17) is 0 Å².